The summed E-state index contributed by atoms with van der Waals surface area (Å²) >= 11 is 11.7. The summed E-state index contributed by atoms with van der Waals surface area (Å²) in [5.41, 5.74) is 0.917. The van der Waals surface area contributed by atoms with Gasteiger partial charge in [-0.2, -0.15) is 4.31 Å². The molecular formula is C15H18Cl2N2O3S. The van der Waals surface area contributed by atoms with Crippen molar-refractivity contribution in [2.24, 2.45) is 0 Å². The molecule has 0 saturated carbocycles. The number of carbonyl (C=O) groups is 1. The lowest BCUT2D eigenvalue weighted by molar-refractivity contribution is -0.127. The fourth-order valence-corrected chi connectivity index (χ4v) is 4.09. The van der Waals surface area contributed by atoms with Crippen molar-refractivity contribution in [3.8, 4) is 0 Å². The highest BCUT2D eigenvalue weighted by atomic mass is 35.5. The van der Waals surface area contributed by atoms with Gasteiger partial charge in [-0.25, -0.2) is 8.42 Å². The van der Waals surface area contributed by atoms with E-state index < -0.39 is 10.0 Å². The van der Waals surface area contributed by atoms with Crippen LogP contribution in [-0.4, -0.2) is 49.7 Å². The van der Waals surface area contributed by atoms with Gasteiger partial charge in [-0.3, -0.25) is 4.79 Å². The first-order valence-corrected chi connectivity index (χ1v) is 9.30. The smallest absolute Gasteiger partial charge is 0.246 e. The Kier molecular flexibility index (Phi) is 5.73. The van der Waals surface area contributed by atoms with Crippen molar-refractivity contribution >= 4 is 39.1 Å². The van der Waals surface area contributed by atoms with Gasteiger partial charge in [0.05, 0.1) is 14.9 Å². The van der Waals surface area contributed by atoms with E-state index in [1.807, 2.05) is 13.8 Å². The fourth-order valence-electron chi connectivity index (χ4n) is 2.27. The van der Waals surface area contributed by atoms with E-state index in [1.165, 1.54) is 22.5 Å². The summed E-state index contributed by atoms with van der Waals surface area (Å²) in [7, 11) is -3.64. The lowest BCUT2D eigenvalue weighted by Crippen LogP contribution is -2.50. The predicted octanol–water partition coefficient (Wildman–Crippen LogP) is 2.79. The molecule has 0 aliphatic carbocycles. The van der Waals surface area contributed by atoms with Crippen LogP contribution in [0.1, 0.15) is 13.8 Å². The molecule has 0 spiro atoms. The van der Waals surface area contributed by atoms with Gasteiger partial charge in [-0.1, -0.05) is 28.8 Å². The van der Waals surface area contributed by atoms with Crippen LogP contribution in [0.4, 0.5) is 0 Å². The number of allylic oxidation sites excluding steroid dienone is 1. The molecule has 0 bridgehead atoms. The second kappa shape index (κ2) is 7.21. The van der Waals surface area contributed by atoms with E-state index in [2.05, 4.69) is 0 Å². The Hall–Kier alpha value is -1.08. The SMILES string of the molecule is CC(C)=CC(=O)N1CCN(S(=O)(=O)c2ccc(Cl)c(Cl)c2)CC1. The first-order valence-electron chi connectivity index (χ1n) is 7.11. The number of hydrogen-bond donors (Lipinski definition) is 0. The predicted molar refractivity (Wildman–Crippen MR) is 91.2 cm³/mol. The molecule has 1 heterocycles. The third kappa shape index (κ3) is 4.26. The highest BCUT2D eigenvalue weighted by molar-refractivity contribution is 7.89. The van der Waals surface area contributed by atoms with Gasteiger partial charge in [0.2, 0.25) is 15.9 Å². The Balaban J connectivity index is 2.11. The van der Waals surface area contributed by atoms with Crippen molar-refractivity contribution in [3.05, 3.63) is 39.9 Å². The number of piperazine rings is 1. The van der Waals surface area contributed by atoms with Crippen molar-refractivity contribution < 1.29 is 13.2 Å². The first kappa shape index (κ1) is 18.3. The van der Waals surface area contributed by atoms with Crippen molar-refractivity contribution in [2.75, 3.05) is 26.2 Å². The molecule has 5 nitrogen and oxygen atoms in total. The Morgan fingerprint density at radius 3 is 2.22 bits per heavy atom. The first-order chi connectivity index (χ1) is 10.7. The van der Waals surface area contributed by atoms with Crippen LogP contribution in [0.15, 0.2) is 34.7 Å². The van der Waals surface area contributed by atoms with Crippen LogP contribution in [0.3, 0.4) is 0 Å². The number of rotatable bonds is 3. The van der Waals surface area contributed by atoms with Gasteiger partial charge in [0.1, 0.15) is 0 Å². The van der Waals surface area contributed by atoms with Gasteiger partial charge < -0.3 is 4.90 Å². The van der Waals surface area contributed by atoms with Crippen molar-refractivity contribution in [1.29, 1.82) is 0 Å². The molecule has 23 heavy (non-hydrogen) atoms. The van der Waals surface area contributed by atoms with Crippen LogP contribution >= 0.6 is 23.2 Å². The third-order valence-electron chi connectivity index (χ3n) is 3.49. The molecule has 1 aromatic rings. The number of hydrogen-bond acceptors (Lipinski definition) is 3. The lowest BCUT2D eigenvalue weighted by atomic mass is 10.3. The van der Waals surface area contributed by atoms with E-state index in [-0.39, 0.29) is 28.9 Å². The Bertz CT molecular complexity index is 735. The lowest BCUT2D eigenvalue weighted by Gasteiger charge is -2.33. The molecule has 1 amide bonds. The van der Waals surface area contributed by atoms with E-state index >= 15 is 0 Å². The Morgan fingerprint density at radius 1 is 1.09 bits per heavy atom. The molecule has 1 aromatic carbocycles. The van der Waals surface area contributed by atoms with E-state index in [1.54, 1.807) is 11.0 Å². The zero-order valence-corrected chi connectivity index (χ0v) is 15.2. The monoisotopic (exact) mass is 376 g/mol. The summed E-state index contributed by atoms with van der Waals surface area (Å²) in [5.74, 6) is -0.0865. The summed E-state index contributed by atoms with van der Waals surface area (Å²) in [5, 5.41) is 0.507. The van der Waals surface area contributed by atoms with Crippen LogP contribution in [0.5, 0.6) is 0 Å². The maximum absolute atomic E-state index is 12.6. The number of benzene rings is 1. The van der Waals surface area contributed by atoms with E-state index in [9.17, 15) is 13.2 Å². The van der Waals surface area contributed by atoms with Crippen molar-refractivity contribution in [3.63, 3.8) is 0 Å². The molecule has 1 saturated heterocycles. The number of sulfonamides is 1. The average molecular weight is 377 g/mol. The quantitative estimate of drug-likeness (QED) is 0.762. The zero-order valence-electron chi connectivity index (χ0n) is 12.9. The number of halogens is 2. The second-order valence-electron chi connectivity index (χ2n) is 5.53. The molecule has 126 valence electrons. The number of nitrogens with zero attached hydrogens (tertiary/aromatic N) is 2. The summed E-state index contributed by atoms with van der Waals surface area (Å²) in [6, 6.07) is 4.25. The van der Waals surface area contributed by atoms with Gasteiger partial charge >= 0.3 is 0 Å². The molecule has 0 aromatic heterocycles. The summed E-state index contributed by atoms with van der Waals surface area (Å²) < 4.78 is 26.6. The van der Waals surface area contributed by atoms with Gasteiger partial charge in [-0.05, 0) is 32.0 Å². The minimum absolute atomic E-state index is 0.0865. The summed E-state index contributed by atoms with van der Waals surface area (Å²) in [6.07, 6.45) is 1.56. The minimum Gasteiger partial charge on any atom is -0.337 e. The van der Waals surface area contributed by atoms with E-state index in [0.717, 1.165) is 5.57 Å². The van der Waals surface area contributed by atoms with Crippen LogP contribution in [0.25, 0.3) is 0 Å². The molecule has 1 aliphatic rings. The highest BCUT2D eigenvalue weighted by Gasteiger charge is 2.29. The van der Waals surface area contributed by atoms with Crippen LogP contribution < -0.4 is 0 Å². The Morgan fingerprint density at radius 2 is 1.70 bits per heavy atom. The standard InChI is InChI=1S/C15H18Cl2N2O3S/c1-11(2)9-15(20)18-5-7-19(8-6-18)23(21,22)12-3-4-13(16)14(17)10-12/h3-4,9-10H,5-8H2,1-2H3. The topological polar surface area (TPSA) is 57.7 Å². The number of carbonyl (C=O) groups excluding carboxylic acids is 1. The average Bonchev–Trinajstić information content (AvgIpc) is 2.49. The highest BCUT2D eigenvalue weighted by Crippen LogP contribution is 2.27. The number of amides is 1. The fraction of sp³-hybridized carbons (Fsp3) is 0.400. The summed E-state index contributed by atoms with van der Waals surface area (Å²) in [4.78, 5) is 13.7. The molecular weight excluding hydrogens is 359 g/mol. The molecule has 1 fully saturated rings. The normalized spacial score (nSPS) is 16.3. The minimum atomic E-state index is -3.64. The largest absolute Gasteiger partial charge is 0.337 e. The van der Waals surface area contributed by atoms with Gasteiger partial charge in [0, 0.05) is 32.3 Å². The molecule has 8 heteroatoms. The van der Waals surface area contributed by atoms with Gasteiger partial charge in [0.15, 0.2) is 0 Å². The molecule has 2 rings (SSSR count). The van der Waals surface area contributed by atoms with Crippen molar-refractivity contribution in [1.82, 2.24) is 9.21 Å². The molecule has 0 N–H and O–H groups in total. The van der Waals surface area contributed by atoms with Gasteiger partial charge in [0.25, 0.3) is 0 Å². The molecule has 0 atom stereocenters. The van der Waals surface area contributed by atoms with Crippen LogP contribution in [0.2, 0.25) is 10.0 Å². The second-order valence-corrected chi connectivity index (χ2v) is 8.28. The zero-order chi connectivity index (χ0) is 17.2. The van der Waals surface area contributed by atoms with E-state index in [4.69, 9.17) is 23.2 Å². The Labute approximate surface area is 146 Å². The van der Waals surface area contributed by atoms with Crippen LogP contribution in [-0.2, 0) is 14.8 Å². The van der Waals surface area contributed by atoms with Crippen LogP contribution in [0, 0.1) is 0 Å². The summed E-state index contributed by atoms with van der Waals surface area (Å²) in [6.45, 7) is 4.94. The maximum atomic E-state index is 12.6. The van der Waals surface area contributed by atoms with E-state index in [0.29, 0.717) is 18.1 Å². The van der Waals surface area contributed by atoms with Gasteiger partial charge in [-0.15, -0.1) is 0 Å². The maximum Gasteiger partial charge on any atom is 0.246 e. The molecule has 0 unspecified atom stereocenters. The molecule has 1 aliphatic heterocycles. The third-order valence-corrected chi connectivity index (χ3v) is 6.12. The van der Waals surface area contributed by atoms with Crippen molar-refractivity contribution in [2.45, 2.75) is 18.7 Å². The molecule has 0 radical (unpaired) electrons.